The molecule has 1 atom stereocenters. The molecule has 6 heteroatoms. The molecule has 3 N–H and O–H groups in total. The Balaban J connectivity index is 0.00000220. The van der Waals surface area contributed by atoms with Gasteiger partial charge in [-0.1, -0.05) is 19.3 Å². The van der Waals surface area contributed by atoms with Gasteiger partial charge in [0, 0.05) is 25.3 Å². The molecule has 120 valence electrons. The summed E-state index contributed by atoms with van der Waals surface area (Å²) in [5.74, 6) is 0.490. The first-order valence-corrected chi connectivity index (χ1v) is 7.55. The maximum atomic E-state index is 12.5. The predicted octanol–water partition coefficient (Wildman–Crippen LogP) is 2.10. The maximum Gasteiger partial charge on any atom is 0.255 e. The molecule has 1 aromatic rings. The lowest BCUT2D eigenvalue weighted by Gasteiger charge is -2.30. The van der Waals surface area contributed by atoms with Crippen LogP contribution in [0.2, 0.25) is 0 Å². The van der Waals surface area contributed by atoms with E-state index in [2.05, 4.69) is 10.4 Å². The van der Waals surface area contributed by atoms with E-state index >= 15 is 0 Å². The Kier molecular flexibility index (Phi) is 6.68. The molecular formula is C15H27ClN4O. The number of nitrogens with one attached hydrogen (secondary N) is 1. The van der Waals surface area contributed by atoms with Crippen LogP contribution in [0.25, 0.3) is 0 Å². The predicted molar refractivity (Wildman–Crippen MR) is 86.8 cm³/mol. The van der Waals surface area contributed by atoms with Crippen LogP contribution in [0.4, 0.5) is 0 Å². The molecule has 1 saturated carbocycles. The van der Waals surface area contributed by atoms with Gasteiger partial charge in [-0.15, -0.1) is 12.4 Å². The van der Waals surface area contributed by atoms with Crippen LogP contribution in [0, 0.1) is 19.8 Å². The minimum absolute atomic E-state index is 0. The molecule has 2 rings (SSSR count). The van der Waals surface area contributed by atoms with Gasteiger partial charge in [-0.3, -0.25) is 9.48 Å². The largest absolute Gasteiger partial charge is 0.348 e. The van der Waals surface area contributed by atoms with Crippen LogP contribution in [0.5, 0.6) is 0 Å². The van der Waals surface area contributed by atoms with Crippen LogP contribution in [0.15, 0.2) is 0 Å². The van der Waals surface area contributed by atoms with Gasteiger partial charge in [0.2, 0.25) is 0 Å². The highest BCUT2D eigenvalue weighted by molar-refractivity contribution is 5.96. The third kappa shape index (κ3) is 3.98. The third-order valence-electron chi connectivity index (χ3n) is 4.53. The molecule has 0 spiro atoms. The number of aryl methyl sites for hydroxylation is 2. The molecule has 1 unspecified atom stereocenters. The molecule has 1 aliphatic rings. The molecule has 1 aliphatic carbocycles. The van der Waals surface area contributed by atoms with Crippen LogP contribution in [0.3, 0.4) is 0 Å². The first-order valence-electron chi connectivity index (χ1n) is 7.55. The van der Waals surface area contributed by atoms with Gasteiger partial charge in [0.15, 0.2) is 0 Å². The lowest BCUT2D eigenvalue weighted by molar-refractivity contribution is 0.0914. The zero-order valence-corrected chi connectivity index (χ0v) is 14.0. The highest BCUT2D eigenvalue weighted by Gasteiger charge is 2.26. The van der Waals surface area contributed by atoms with Crippen molar-refractivity contribution < 1.29 is 4.79 Å². The second-order valence-corrected chi connectivity index (χ2v) is 5.88. The summed E-state index contributed by atoms with van der Waals surface area (Å²) < 4.78 is 1.75. The molecule has 0 radical (unpaired) electrons. The molecule has 5 nitrogen and oxygen atoms in total. The van der Waals surface area contributed by atoms with E-state index < -0.39 is 0 Å². The number of nitrogens with two attached hydrogens (primary N) is 1. The van der Waals surface area contributed by atoms with Crippen molar-refractivity contribution in [2.45, 2.75) is 52.0 Å². The number of nitrogens with zero attached hydrogens (tertiary/aromatic N) is 2. The summed E-state index contributed by atoms with van der Waals surface area (Å²) in [7, 11) is 1.86. The molecular weight excluding hydrogens is 288 g/mol. The van der Waals surface area contributed by atoms with Crippen LogP contribution in [0.1, 0.15) is 53.8 Å². The summed E-state index contributed by atoms with van der Waals surface area (Å²) in [6, 6.07) is 0.0850. The second kappa shape index (κ2) is 7.80. The van der Waals surface area contributed by atoms with Crippen molar-refractivity contribution in [3.63, 3.8) is 0 Å². The van der Waals surface area contributed by atoms with Gasteiger partial charge in [-0.05, 0) is 32.6 Å². The zero-order chi connectivity index (χ0) is 14.7. The molecule has 0 aromatic carbocycles. The monoisotopic (exact) mass is 314 g/mol. The number of hydrogen-bond acceptors (Lipinski definition) is 3. The van der Waals surface area contributed by atoms with Crippen LogP contribution < -0.4 is 11.1 Å². The third-order valence-corrected chi connectivity index (χ3v) is 4.53. The van der Waals surface area contributed by atoms with Crippen molar-refractivity contribution in [3.8, 4) is 0 Å². The second-order valence-electron chi connectivity index (χ2n) is 5.88. The number of rotatable bonds is 4. The Labute approximate surface area is 133 Å². The first kappa shape index (κ1) is 18.0. The Hall–Kier alpha value is -1.07. The summed E-state index contributed by atoms with van der Waals surface area (Å²) in [6.07, 6.45) is 6.16. The van der Waals surface area contributed by atoms with E-state index in [1.165, 1.54) is 32.1 Å². The molecule has 0 saturated heterocycles. The molecule has 1 amide bonds. The fraction of sp³-hybridized carbons (Fsp3) is 0.733. The number of halogens is 1. The SMILES string of the molecule is Cc1nn(C)c(C)c1C(=O)NC(CN)C1CCCCC1.Cl. The van der Waals surface area contributed by atoms with Crippen molar-refractivity contribution in [2.75, 3.05) is 6.54 Å². The van der Waals surface area contributed by atoms with Gasteiger partial charge >= 0.3 is 0 Å². The highest BCUT2D eigenvalue weighted by atomic mass is 35.5. The maximum absolute atomic E-state index is 12.5. The fourth-order valence-electron chi connectivity index (χ4n) is 3.25. The summed E-state index contributed by atoms with van der Waals surface area (Å²) in [5, 5.41) is 7.43. The lowest BCUT2D eigenvalue weighted by Crippen LogP contribution is -2.46. The quantitative estimate of drug-likeness (QED) is 0.894. The van der Waals surface area contributed by atoms with E-state index in [0.29, 0.717) is 18.0 Å². The van der Waals surface area contributed by atoms with E-state index in [1.54, 1.807) is 4.68 Å². The topological polar surface area (TPSA) is 72.9 Å². The minimum atomic E-state index is -0.0332. The average molecular weight is 315 g/mol. The number of carbonyl (C=O) groups excluding carboxylic acids is 1. The normalized spacial score (nSPS) is 17.1. The van der Waals surface area contributed by atoms with Crippen molar-refractivity contribution >= 4 is 18.3 Å². The van der Waals surface area contributed by atoms with E-state index in [0.717, 1.165) is 11.4 Å². The molecule has 1 fully saturated rings. The van der Waals surface area contributed by atoms with Gasteiger partial charge in [0.1, 0.15) is 0 Å². The van der Waals surface area contributed by atoms with E-state index in [-0.39, 0.29) is 24.4 Å². The van der Waals surface area contributed by atoms with Crippen LogP contribution >= 0.6 is 12.4 Å². The summed E-state index contributed by atoms with van der Waals surface area (Å²) in [4.78, 5) is 12.5. The number of carbonyl (C=O) groups is 1. The van der Waals surface area contributed by atoms with Gasteiger partial charge in [0.25, 0.3) is 5.91 Å². The van der Waals surface area contributed by atoms with Gasteiger partial charge in [-0.2, -0.15) is 5.10 Å². The Morgan fingerprint density at radius 3 is 2.48 bits per heavy atom. The Bertz CT molecular complexity index is 480. The fourth-order valence-corrected chi connectivity index (χ4v) is 3.25. The average Bonchev–Trinajstić information content (AvgIpc) is 2.70. The van der Waals surface area contributed by atoms with Crippen molar-refractivity contribution in [2.24, 2.45) is 18.7 Å². The Morgan fingerprint density at radius 2 is 2.00 bits per heavy atom. The minimum Gasteiger partial charge on any atom is -0.348 e. The van der Waals surface area contributed by atoms with E-state index in [1.807, 2.05) is 20.9 Å². The zero-order valence-electron chi connectivity index (χ0n) is 13.2. The highest BCUT2D eigenvalue weighted by Crippen LogP contribution is 2.26. The van der Waals surface area contributed by atoms with Crippen molar-refractivity contribution in [3.05, 3.63) is 17.0 Å². The summed E-state index contributed by atoms with van der Waals surface area (Å²) in [6.45, 7) is 4.31. The van der Waals surface area contributed by atoms with Gasteiger partial charge < -0.3 is 11.1 Å². The number of amides is 1. The smallest absolute Gasteiger partial charge is 0.255 e. The van der Waals surface area contributed by atoms with E-state index in [4.69, 9.17) is 5.73 Å². The summed E-state index contributed by atoms with van der Waals surface area (Å²) >= 11 is 0. The van der Waals surface area contributed by atoms with E-state index in [9.17, 15) is 4.79 Å². The molecule has 0 bridgehead atoms. The molecule has 0 aliphatic heterocycles. The van der Waals surface area contributed by atoms with Crippen LogP contribution in [-0.2, 0) is 7.05 Å². The summed E-state index contributed by atoms with van der Waals surface area (Å²) in [5.41, 5.74) is 8.25. The lowest BCUT2D eigenvalue weighted by atomic mass is 9.84. The molecule has 1 aromatic heterocycles. The molecule has 1 heterocycles. The first-order chi connectivity index (χ1) is 9.54. The van der Waals surface area contributed by atoms with Gasteiger partial charge in [-0.25, -0.2) is 0 Å². The standard InChI is InChI=1S/C15H26N4O.ClH/c1-10-14(11(2)19(3)18-10)15(20)17-13(9-16)12-7-5-4-6-8-12;/h12-13H,4-9,16H2,1-3H3,(H,17,20);1H. The van der Waals surface area contributed by atoms with Crippen molar-refractivity contribution in [1.82, 2.24) is 15.1 Å². The number of aromatic nitrogens is 2. The van der Waals surface area contributed by atoms with Crippen molar-refractivity contribution in [1.29, 1.82) is 0 Å². The van der Waals surface area contributed by atoms with Gasteiger partial charge in [0.05, 0.1) is 11.3 Å². The Morgan fingerprint density at radius 1 is 1.38 bits per heavy atom. The van der Waals surface area contributed by atoms with Crippen LogP contribution in [-0.4, -0.2) is 28.3 Å². The molecule has 21 heavy (non-hydrogen) atoms. The number of hydrogen-bond donors (Lipinski definition) is 2.